The largest absolute Gasteiger partial charge is 0.376 e. The molecule has 3 heteroatoms. The normalized spacial score (nSPS) is 20.7. The minimum atomic E-state index is -0.189. The summed E-state index contributed by atoms with van der Waals surface area (Å²) in [6.45, 7) is 0. The van der Waals surface area contributed by atoms with Crippen LogP contribution >= 0.6 is 11.6 Å². The van der Waals surface area contributed by atoms with Crippen molar-refractivity contribution in [3.05, 3.63) is 34.9 Å². The molecule has 0 bridgehead atoms. The molecule has 1 aromatic rings. The van der Waals surface area contributed by atoms with E-state index in [1.807, 2.05) is 24.3 Å². The number of halogens is 1. The lowest BCUT2D eigenvalue weighted by Crippen LogP contribution is -2.48. The molecule has 0 heterocycles. The Morgan fingerprint density at radius 3 is 2.53 bits per heavy atom. The quantitative estimate of drug-likeness (QED) is 0.859. The van der Waals surface area contributed by atoms with Crippen LogP contribution in [0, 0.1) is 0 Å². The van der Waals surface area contributed by atoms with Gasteiger partial charge in [0.15, 0.2) is 0 Å². The molecule has 1 aromatic carbocycles. The Labute approximate surface area is 95.4 Å². The maximum Gasteiger partial charge on any atom is 0.0871 e. The second-order valence-electron chi connectivity index (χ2n) is 4.12. The fraction of sp³-hybridized carbons (Fsp3) is 0.500. The summed E-state index contributed by atoms with van der Waals surface area (Å²) in [5.74, 6) is 0. The molecule has 1 saturated carbocycles. The minimum Gasteiger partial charge on any atom is -0.376 e. The van der Waals surface area contributed by atoms with E-state index in [-0.39, 0.29) is 11.6 Å². The van der Waals surface area contributed by atoms with Gasteiger partial charge in [-0.3, -0.25) is 0 Å². The van der Waals surface area contributed by atoms with E-state index in [4.69, 9.17) is 22.1 Å². The lowest BCUT2D eigenvalue weighted by atomic mass is 9.72. The van der Waals surface area contributed by atoms with Gasteiger partial charge in [0.1, 0.15) is 0 Å². The van der Waals surface area contributed by atoms with Crippen LogP contribution in [0.15, 0.2) is 24.3 Å². The van der Waals surface area contributed by atoms with Crippen LogP contribution in [0.5, 0.6) is 0 Å². The highest BCUT2D eigenvalue weighted by Crippen LogP contribution is 2.44. The van der Waals surface area contributed by atoms with E-state index in [9.17, 15) is 0 Å². The topological polar surface area (TPSA) is 35.2 Å². The zero-order valence-electron chi connectivity index (χ0n) is 8.87. The molecule has 0 spiro atoms. The van der Waals surface area contributed by atoms with Gasteiger partial charge in [-0.05, 0) is 30.9 Å². The smallest absolute Gasteiger partial charge is 0.0871 e. The average molecular weight is 226 g/mol. The fourth-order valence-electron chi connectivity index (χ4n) is 2.18. The van der Waals surface area contributed by atoms with Gasteiger partial charge in [-0.1, -0.05) is 29.8 Å². The summed E-state index contributed by atoms with van der Waals surface area (Å²) in [5, 5.41) is 0.730. The number of hydrogen-bond donors (Lipinski definition) is 1. The first kappa shape index (κ1) is 10.9. The fourth-order valence-corrected chi connectivity index (χ4v) is 2.43. The van der Waals surface area contributed by atoms with Crippen LogP contribution in [0.2, 0.25) is 5.02 Å². The molecule has 2 rings (SSSR count). The summed E-state index contributed by atoms with van der Waals surface area (Å²) >= 11 is 6.13. The van der Waals surface area contributed by atoms with Crippen molar-refractivity contribution < 1.29 is 4.74 Å². The van der Waals surface area contributed by atoms with Crippen LogP contribution < -0.4 is 5.73 Å². The Hall–Kier alpha value is -0.570. The highest BCUT2D eigenvalue weighted by atomic mass is 35.5. The second kappa shape index (κ2) is 4.12. The molecule has 1 unspecified atom stereocenters. The maximum absolute atomic E-state index is 6.24. The molecule has 0 saturated heterocycles. The molecule has 1 aliphatic rings. The minimum absolute atomic E-state index is 0.120. The SMILES string of the molecule is COC1(C(N)c2ccccc2Cl)CCC1. The van der Waals surface area contributed by atoms with Crippen molar-refractivity contribution in [1.29, 1.82) is 0 Å². The van der Waals surface area contributed by atoms with Crippen molar-refractivity contribution in [1.82, 2.24) is 0 Å². The molecule has 1 aliphatic carbocycles. The van der Waals surface area contributed by atoms with Crippen LogP contribution in [0.1, 0.15) is 30.9 Å². The maximum atomic E-state index is 6.24. The van der Waals surface area contributed by atoms with Crippen molar-refractivity contribution in [3.63, 3.8) is 0 Å². The van der Waals surface area contributed by atoms with E-state index in [1.165, 1.54) is 6.42 Å². The predicted molar refractivity (Wildman–Crippen MR) is 62.0 cm³/mol. The lowest BCUT2D eigenvalue weighted by molar-refractivity contribution is -0.0911. The summed E-state index contributed by atoms with van der Waals surface area (Å²) in [4.78, 5) is 0. The summed E-state index contributed by atoms with van der Waals surface area (Å²) in [5.41, 5.74) is 7.03. The van der Waals surface area contributed by atoms with Crippen LogP contribution in [-0.2, 0) is 4.74 Å². The summed E-state index contributed by atoms with van der Waals surface area (Å²) in [6.07, 6.45) is 3.23. The third-order valence-electron chi connectivity index (χ3n) is 3.41. The van der Waals surface area contributed by atoms with Gasteiger partial charge in [-0.2, -0.15) is 0 Å². The van der Waals surface area contributed by atoms with E-state index in [0.29, 0.717) is 0 Å². The third kappa shape index (κ3) is 1.78. The highest BCUT2D eigenvalue weighted by Gasteiger charge is 2.43. The number of hydrogen-bond acceptors (Lipinski definition) is 2. The Morgan fingerprint density at radius 2 is 2.07 bits per heavy atom. The van der Waals surface area contributed by atoms with Gasteiger partial charge >= 0.3 is 0 Å². The van der Waals surface area contributed by atoms with Gasteiger partial charge in [0.25, 0.3) is 0 Å². The van der Waals surface area contributed by atoms with E-state index in [1.54, 1.807) is 7.11 Å². The molecule has 1 fully saturated rings. The zero-order chi connectivity index (χ0) is 10.9. The van der Waals surface area contributed by atoms with Gasteiger partial charge in [0.2, 0.25) is 0 Å². The van der Waals surface area contributed by atoms with Crippen molar-refractivity contribution in [3.8, 4) is 0 Å². The Morgan fingerprint density at radius 1 is 1.40 bits per heavy atom. The van der Waals surface area contributed by atoms with E-state index in [0.717, 1.165) is 23.4 Å². The molecule has 2 nitrogen and oxygen atoms in total. The van der Waals surface area contributed by atoms with Crippen LogP contribution in [0.4, 0.5) is 0 Å². The number of rotatable bonds is 3. The Kier molecular flexibility index (Phi) is 3.01. The van der Waals surface area contributed by atoms with Gasteiger partial charge < -0.3 is 10.5 Å². The first-order valence-electron chi connectivity index (χ1n) is 5.25. The predicted octanol–water partition coefficient (Wildman–Crippen LogP) is 2.91. The number of methoxy groups -OCH3 is 1. The monoisotopic (exact) mass is 225 g/mol. The first-order valence-corrected chi connectivity index (χ1v) is 5.62. The van der Waals surface area contributed by atoms with E-state index >= 15 is 0 Å². The number of ether oxygens (including phenoxy) is 1. The van der Waals surface area contributed by atoms with E-state index in [2.05, 4.69) is 0 Å². The van der Waals surface area contributed by atoms with Crippen molar-refractivity contribution in [2.45, 2.75) is 30.9 Å². The molecule has 15 heavy (non-hydrogen) atoms. The second-order valence-corrected chi connectivity index (χ2v) is 4.53. The molecular formula is C12H16ClNO. The molecule has 0 amide bonds. The van der Waals surface area contributed by atoms with E-state index < -0.39 is 0 Å². The molecule has 0 radical (unpaired) electrons. The van der Waals surface area contributed by atoms with Crippen LogP contribution in [-0.4, -0.2) is 12.7 Å². The molecule has 2 N–H and O–H groups in total. The van der Waals surface area contributed by atoms with Gasteiger partial charge in [0.05, 0.1) is 11.6 Å². The van der Waals surface area contributed by atoms with Crippen molar-refractivity contribution >= 4 is 11.6 Å². The lowest BCUT2D eigenvalue weighted by Gasteiger charge is -2.45. The molecule has 0 aromatic heterocycles. The Balaban J connectivity index is 2.27. The van der Waals surface area contributed by atoms with Crippen LogP contribution in [0.3, 0.4) is 0 Å². The summed E-state index contributed by atoms with van der Waals surface area (Å²) in [7, 11) is 1.73. The standard InChI is InChI=1S/C12H16ClNO/c1-15-12(7-4-8-12)11(14)9-5-2-3-6-10(9)13/h2-3,5-6,11H,4,7-8,14H2,1H3. The first-order chi connectivity index (χ1) is 7.19. The number of nitrogens with two attached hydrogens (primary N) is 1. The molecular weight excluding hydrogens is 210 g/mol. The average Bonchev–Trinajstić information content (AvgIpc) is 2.17. The van der Waals surface area contributed by atoms with Gasteiger partial charge in [-0.25, -0.2) is 0 Å². The molecule has 1 atom stereocenters. The Bertz CT molecular complexity index is 344. The van der Waals surface area contributed by atoms with Crippen molar-refractivity contribution in [2.75, 3.05) is 7.11 Å². The van der Waals surface area contributed by atoms with Crippen molar-refractivity contribution in [2.24, 2.45) is 5.73 Å². The van der Waals surface area contributed by atoms with Gasteiger partial charge in [-0.15, -0.1) is 0 Å². The molecule has 0 aliphatic heterocycles. The highest BCUT2D eigenvalue weighted by molar-refractivity contribution is 6.31. The molecule has 82 valence electrons. The summed E-state index contributed by atoms with van der Waals surface area (Å²) < 4.78 is 5.56. The number of benzene rings is 1. The van der Waals surface area contributed by atoms with Gasteiger partial charge in [0, 0.05) is 12.1 Å². The third-order valence-corrected chi connectivity index (χ3v) is 3.76. The zero-order valence-corrected chi connectivity index (χ0v) is 9.63. The van der Waals surface area contributed by atoms with Crippen LogP contribution in [0.25, 0.3) is 0 Å². The summed E-state index contributed by atoms with van der Waals surface area (Å²) in [6, 6.07) is 7.61.